The van der Waals surface area contributed by atoms with Crippen molar-refractivity contribution in [2.24, 2.45) is 0 Å². The summed E-state index contributed by atoms with van der Waals surface area (Å²) in [5.74, 6) is 0.664. The molecule has 5 heteroatoms. The monoisotopic (exact) mass is 390 g/mol. The number of nitrogens with one attached hydrogen (secondary N) is 1. The first kappa shape index (κ1) is 18.4. The second-order valence-electron chi connectivity index (χ2n) is 6.81. The molecule has 1 aromatic heterocycles. The van der Waals surface area contributed by atoms with Crippen LogP contribution in [-0.4, -0.2) is 24.5 Å². The zero-order valence-corrected chi connectivity index (χ0v) is 16.8. The lowest BCUT2D eigenvalue weighted by atomic mass is 9.97. The molecule has 142 valence electrons. The van der Waals surface area contributed by atoms with E-state index < -0.39 is 0 Å². The second-order valence-corrected chi connectivity index (χ2v) is 7.93. The van der Waals surface area contributed by atoms with Crippen LogP contribution in [0.4, 0.5) is 0 Å². The van der Waals surface area contributed by atoms with Crippen molar-refractivity contribution in [3.05, 3.63) is 71.2 Å². The number of aromatic nitrogens is 1. The van der Waals surface area contributed by atoms with Crippen molar-refractivity contribution in [1.82, 2.24) is 10.3 Å². The maximum atomic E-state index is 12.6. The molecule has 3 aromatic carbocycles. The van der Waals surface area contributed by atoms with Crippen molar-refractivity contribution in [2.45, 2.75) is 19.3 Å². The predicted molar refractivity (Wildman–Crippen MR) is 115 cm³/mol. The molecule has 28 heavy (non-hydrogen) atoms. The number of carbonyl (C=O) groups excluding carboxylic acids is 1. The molecule has 0 saturated carbocycles. The Morgan fingerprint density at radius 1 is 1.11 bits per heavy atom. The van der Waals surface area contributed by atoms with E-state index in [1.165, 1.54) is 4.70 Å². The molecule has 1 amide bonds. The van der Waals surface area contributed by atoms with Crippen molar-refractivity contribution in [3.8, 4) is 5.75 Å². The van der Waals surface area contributed by atoms with Crippen LogP contribution in [-0.2, 0) is 11.2 Å². The van der Waals surface area contributed by atoms with Gasteiger partial charge in [-0.15, -0.1) is 11.3 Å². The maximum Gasteiger partial charge on any atom is 0.227 e. The van der Waals surface area contributed by atoms with Gasteiger partial charge in [-0.1, -0.05) is 36.4 Å². The van der Waals surface area contributed by atoms with Gasteiger partial charge in [0, 0.05) is 13.0 Å². The minimum atomic E-state index is -0.207. The number of fused-ring (bicyclic) bond motifs is 2. The molecule has 4 rings (SSSR count). The van der Waals surface area contributed by atoms with Gasteiger partial charge in [0.2, 0.25) is 5.91 Å². The Hall–Kier alpha value is -2.92. The van der Waals surface area contributed by atoms with E-state index >= 15 is 0 Å². The first-order chi connectivity index (χ1) is 13.6. The third-order valence-corrected chi connectivity index (χ3v) is 6.04. The fraction of sp³-hybridized carbons (Fsp3) is 0.217. The third kappa shape index (κ3) is 3.85. The number of para-hydroxylation sites is 1. The van der Waals surface area contributed by atoms with Crippen LogP contribution in [0.15, 0.2) is 60.7 Å². The van der Waals surface area contributed by atoms with E-state index in [2.05, 4.69) is 22.4 Å². The van der Waals surface area contributed by atoms with Gasteiger partial charge in [0.25, 0.3) is 0 Å². The average Bonchev–Trinajstić information content (AvgIpc) is 3.15. The zero-order chi connectivity index (χ0) is 19.5. The fourth-order valence-electron chi connectivity index (χ4n) is 3.26. The molecule has 4 aromatic rings. The number of hydrogen-bond acceptors (Lipinski definition) is 4. The number of rotatable bonds is 6. The van der Waals surface area contributed by atoms with Crippen LogP contribution in [0.2, 0.25) is 0 Å². The topological polar surface area (TPSA) is 51.2 Å². The summed E-state index contributed by atoms with van der Waals surface area (Å²) >= 11 is 1.69. The molecule has 4 nitrogen and oxygen atoms in total. The predicted octanol–water partition coefficient (Wildman–Crippen LogP) is 4.92. The minimum Gasteiger partial charge on any atom is -0.497 e. The standard InChI is InChI=1S/C23H22N2O2S/c1-15(16-7-8-18-14-19(27-2)10-9-17(18)13-16)23(26)24-12-11-22-25-20-5-3-4-6-21(20)28-22/h3-10,13-15H,11-12H2,1-2H3,(H,24,26). The van der Waals surface area contributed by atoms with Gasteiger partial charge in [-0.25, -0.2) is 4.98 Å². The van der Waals surface area contributed by atoms with E-state index in [0.29, 0.717) is 6.54 Å². The fourth-order valence-corrected chi connectivity index (χ4v) is 4.23. The van der Waals surface area contributed by atoms with Gasteiger partial charge in [-0.3, -0.25) is 4.79 Å². The highest BCUT2D eigenvalue weighted by molar-refractivity contribution is 7.18. The first-order valence-electron chi connectivity index (χ1n) is 9.34. The van der Waals surface area contributed by atoms with Crippen LogP contribution in [0.5, 0.6) is 5.75 Å². The van der Waals surface area contributed by atoms with Crippen LogP contribution >= 0.6 is 11.3 Å². The summed E-state index contributed by atoms with van der Waals surface area (Å²) in [7, 11) is 1.66. The SMILES string of the molecule is COc1ccc2cc(C(C)C(=O)NCCc3nc4ccccc4s3)ccc2c1. The number of nitrogens with zero attached hydrogens (tertiary/aromatic N) is 1. The number of thiazole rings is 1. The summed E-state index contributed by atoms with van der Waals surface area (Å²) < 4.78 is 6.45. The van der Waals surface area contributed by atoms with Gasteiger partial charge in [0.1, 0.15) is 5.75 Å². The maximum absolute atomic E-state index is 12.6. The molecule has 1 heterocycles. The molecule has 0 bridgehead atoms. The van der Waals surface area contributed by atoms with Crippen LogP contribution in [0.25, 0.3) is 21.0 Å². The van der Waals surface area contributed by atoms with Crippen LogP contribution < -0.4 is 10.1 Å². The van der Waals surface area contributed by atoms with Crippen molar-refractivity contribution < 1.29 is 9.53 Å². The number of benzene rings is 3. The third-order valence-electron chi connectivity index (χ3n) is 4.94. The molecule has 1 atom stereocenters. The average molecular weight is 391 g/mol. The lowest BCUT2D eigenvalue weighted by Crippen LogP contribution is -2.29. The van der Waals surface area contributed by atoms with E-state index in [-0.39, 0.29) is 11.8 Å². The summed E-state index contributed by atoms with van der Waals surface area (Å²) in [6.45, 7) is 2.53. The molecule has 1 unspecified atom stereocenters. The molecule has 0 radical (unpaired) electrons. The Morgan fingerprint density at radius 2 is 1.89 bits per heavy atom. The van der Waals surface area contributed by atoms with E-state index in [9.17, 15) is 4.79 Å². The number of amides is 1. The number of carbonyl (C=O) groups is 1. The van der Waals surface area contributed by atoms with Gasteiger partial charge in [-0.2, -0.15) is 0 Å². The summed E-state index contributed by atoms with van der Waals surface area (Å²) in [6.07, 6.45) is 0.745. The normalized spacial score (nSPS) is 12.2. The van der Waals surface area contributed by atoms with Crippen LogP contribution in [0, 0.1) is 0 Å². The smallest absolute Gasteiger partial charge is 0.227 e. The Balaban J connectivity index is 1.39. The molecule has 0 saturated heterocycles. The van der Waals surface area contributed by atoms with Crippen molar-refractivity contribution >= 4 is 38.2 Å². The van der Waals surface area contributed by atoms with Gasteiger partial charge in [0.15, 0.2) is 0 Å². The Kier molecular flexibility index (Phi) is 5.26. The molecule has 0 aliphatic heterocycles. The van der Waals surface area contributed by atoms with Crippen molar-refractivity contribution in [2.75, 3.05) is 13.7 Å². The first-order valence-corrected chi connectivity index (χ1v) is 10.2. The van der Waals surface area contributed by atoms with Crippen molar-refractivity contribution in [1.29, 1.82) is 0 Å². The van der Waals surface area contributed by atoms with Gasteiger partial charge >= 0.3 is 0 Å². The van der Waals surface area contributed by atoms with E-state index in [4.69, 9.17) is 4.74 Å². The minimum absolute atomic E-state index is 0.0361. The largest absolute Gasteiger partial charge is 0.497 e. The molecule has 0 aliphatic rings. The summed E-state index contributed by atoms with van der Waals surface area (Å²) in [4.78, 5) is 17.2. The number of ether oxygens (including phenoxy) is 1. The molecule has 0 spiro atoms. The van der Waals surface area contributed by atoms with E-state index in [1.54, 1.807) is 18.4 Å². The van der Waals surface area contributed by atoms with Crippen LogP contribution in [0.1, 0.15) is 23.4 Å². The molecular weight excluding hydrogens is 368 g/mol. The van der Waals surface area contributed by atoms with E-state index in [0.717, 1.165) is 39.0 Å². The van der Waals surface area contributed by atoms with Gasteiger partial charge in [-0.05, 0) is 47.5 Å². The number of methoxy groups -OCH3 is 1. The lowest BCUT2D eigenvalue weighted by Gasteiger charge is -2.13. The molecular formula is C23H22N2O2S. The Labute approximate surface area is 168 Å². The quantitative estimate of drug-likeness (QED) is 0.508. The molecule has 0 fully saturated rings. The van der Waals surface area contributed by atoms with Gasteiger partial charge in [0.05, 0.1) is 28.3 Å². The van der Waals surface area contributed by atoms with E-state index in [1.807, 2.05) is 55.5 Å². The molecule has 0 aliphatic carbocycles. The Morgan fingerprint density at radius 3 is 2.71 bits per heavy atom. The van der Waals surface area contributed by atoms with Gasteiger partial charge < -0.3 is 10.1 Å². The number of hydrogen-bond donors (Lipinski definition) is 1. The lowest BCUT2D eigenvalue weighted by molar-refractivity contribution is -0.122. The summed E-state index contributed by atoms with van der Waals surface area (Å²) in [5.41, 5.74) is 2.03. The highest BCUT2D eigenvalue weighted by Gasteiger charge is 2.15. The van der Waals surface area contributed by atoms with Crippen molar-refractivity contribution in [3.63, 3.8) is 0 Å². The molecule has 1 N–H and O–H groups in total. The summed E-state index contributed by atoms with van der Waals surface area (Å²) in [6, 6.07) is 20.2. The zero-order valence-electron chi connectivity index (χ0n) is 15.9. The Bertz CT molecular complexity index is 1100. The highest BCUT2D eigenvalue weighted by Crippen LogP contribution is 2.25. The van der Waals surface area contributed by atoms with Crippen LogP contribution in [0.3, 0.4) is 0 Å². The highest BCUT2D eigenvalue weighted by atomic mass is 32.1. The second kappa shape index (κ2) is 7.98. The summed E-state index contributed by atoms with van der Waals surface area (Å²) in [5, 5.41) is 6.30.